The van der Waals surface area contributed by atoms with Crippen LogP contribution in [0.3, 0.4) is 0 Å². The topological polar surface area (TPSA) is 86.4 Å². The van der Waals surface area contributed by atoms with Crippen molar-refractivity contribution in [2.45, 2.75) is 19.4 Å². The molecule has 7 nitrogen and oxygen atoms in total. The Morgan fingerprint density at radius 2 is 1.75 bits per heavy atom. The minimum atomic E-state index is -0.376. The number of pyridine rings is 1. The zero-order valence-corrected chi connectivity index (χ0v) is 19.1. The maximum absolute atomic E-state index is 13.1. The van der Waals surface area contributed by atoms with Crippen molar-refractivity contribution in [3.8, 4) is 0 Å². The first-order valence-electron chi connectivity index (χ1n) is 10.5. The molecule has 3 amide bonds. The van der Waals surface area contributed by atoms with Crippen molar-refractivity contribution in [2.24, 2.45) is 0 Å². The van der Waals surface area contributed by atoms with Gasteiger partial charge < -0.3 is 20.9 Å². The number of amides is 3. The Labute approximate surface area is 195 Å². The molecule has 1 fully saturated rings. The van der Waals surface area contributed by atoms with Gasteiger partial charge in [0.15, 0.2) is 0 Å². The zero-order chi connectivity index (χ0) is 22.3. The predicted octanol–water partition coefficient (Wildman–Crippen LogP) is 5.02. The highest BCUT2D eigenvalue weighted by atomic mass is 79.9. The van der Waals surface area contributed by atoms with E-state index in [1.54, 1.807) is 24.5 Å². The molecule has 164 valence electrons. The Balaban J connectivity index is 1.50. The van der Waals surface area contributed by atoms with Gasteiger partial charge in [0.1, 0.15) is 0 Å². The fraction of sp³-hybridized carbons (Fsp3) is 0.208. The molecule has 0 unspecified atom stereocenters. The maximum atomic E-state index is 13.1. The standard InChI is InChI=1S/C24H24BrN5O2/c25-18-6-3-7-19(13-18)28-24(32)29-20-8-9-22(30-11-1-2-12-30)21(14-20)23(31)27-16-17-5-4-10-26-15-17/h3-10,13-15H,1-2,11-12,16H2,(H,27,31)(H2,28,29,32). The number of hydrogen-bond donors (Lipinski definition) is 3. The monoisotopic (exact) mass is 493 g/mol. The second-order valence-electron chi connectivity index (χ2n) is 7.56. The lowest BCUT2D eigenvalue weighted by molar-refractivity contribution is 0.0951. The summed E-state index contributed by atoms with van der Waals surface area (Å²) in [5.74, 6) is -0.188. The number of hydrogen-bond acceptors (Lipinski definition) is 4. The van der Waals surface area contributed by atoms with Crippen LogP contribution in [0.4, 0.5) is 21.9 Å². The Morgan fingerprint density at radius 3 is 2.47 bits per heavy atom. The van der Waals surface area contributed by atoms with Gasteiger partial charge in [-0.05, 0) is 60.9 Å². The van der Waals surface area contributed by atoms with Crippen molar-refractivity contribution >= 4 is 44.9 Å². The normalized spacial score (nSPS) is 13.0. The van der Waals surface area contributed by atoms with Crippen LogP contribution in [0, 0.1) is 0 Å². The number of urea groups is 1. The van der Waals surface area contributed by atoms with E-state index < -0.39 is 0 Å². The summed E-state index contributed by atoms with van der Waals surface area (Å²) in [6, 6.07) is 16.2. The molecule has 0 bridgehead atoms. The van der Waals surface area contributed by atoms with E-state index in [9.17, 15) is 9.59 Å². The second-order valence-corrected chi connectivity index (χ2v) is 8.48. The van der Waals surface area contributed by atoms with Gasteiger partial charge in [0.05, 0.1) is 5.56 Å². The SMILES string of the molecule is O=C(Nc1cccc(Br)c1)Nc1ccc(N2CCCC2)c(C(=O)NCc2cccnc2)c1. The molecule has 3 aromatic rings. The molecule has 32 heavy (non-hydrogen) atoms. The van der Waals surface area contributed by atoms with Crippen LogP contribution in [0.5, 0.6) is 0 Å². The molecule has 2 aromatic carbocycles. The highest BCUT2D eigenvalue weighted by molar-refractivity contribution is 9.10. The smallest absolute Gasteiger partial charge is 0.323 e. The molecular formula is C24H24BrN5O2. The van der Waals surface area contributed by atoms with Gasteiger partial charge in [-0.25, -0.2) is 4.79 Å². The summed E-state index contributed by atoms with van der Waals surface area (Å²) in [5.41, 5.74) is 3.55. The molecule has 2 heterocycles. The van der Waals surface area contributed by atoms with Gasteiger partial charge in [-0.3, -0.25) is 9.78 Å². The summed E-state index contributed by atoms with van der Waals surface area (Å²) < 4.78 is 0.873. The van der Waals surface area contributed by atoms with Gasteiger partial charge in [0, 0.05) is 53.6 Å². The Hall–Kier alpha value is -3.39. The van der Waals surface area contributed by atoms with Crippen molar-refractivity contribution in [3.05, 3.63) is 82.6 Å². The minimum absolute atomic E-state index is 0.188. The van der Waals surface area contributed by atoms with Gasteiger partial charge in [0.2, 0.25) is 0 Å². The number of benzene rings is 2. The van der Waals surface area contributed by atoms with Gasteiger partial charge in [-0.2, -0.15) is 0 Å². The third kappa shape index (κ3) is 5.64. The minimum Gasteiger partial charge on any atom is -0.371 e. The number of rotatable bonds is 6. The van der Waals surface area contributed by atoms with Crippen LogP contribution < -0.4 is 20.9 Å². The average Bonchev–Trinajstić information content (AvgIpc) is 3.33. The van der Waals surface area contributed by atoms with Crippen LogP contribution in [-0.4, -0.2) is 30.0 Å². The van der Waals surface area contributed by atoms with E-state index in [0.29, 0.717) is 23.5 Å². The largest absolute Gasteiger partial charge is 0.371 e. The van der Waals surface area contributed by atoms with Crippen molar-refractivity contribution in [1.82, 2.24) is 10.3 Å². The third-order valence-electron chi connectivity index (χ3n) is 5.20. The number of halogens is 1. The Kier molecular flexibility index (Phi) is 7.01. The quantitative estimate of drug-likeness (QED) is 0.449. The van der Waals surface area contributed by atoms with Crippen LogP contribution in [0.2, 0.25) is 0 Å². The fourth-order valence-electron chi connectivity index (χ4n) is 3.67. The van der Waals surface area contributed by atoms with Crippen LogP contribution >= 0.6 is 15.9 Å². The summed E-state index contributed by atoms with van der Waals surface area (Å²) in [5, 5.41) is 8.59. The van der Waals surface area contributed by atoms with E-state index in [1.165, 1.54) is 0 Å². The van der Waals surface area contributed by atoms with Gasteiger partial charge in [-0.15, -0.1) is 0 Å². The fourth-order valence-corrected chi connectivity index (χ4v) is 4.07. The molecule has 1 aliphatic heterocycles. The first kappa shape index (κ1) is 21.8. The van der Waals surface area contributed by atoms with Crippen LogP contribution in [-0.2, 0) is 6.54 Å². The lowest BCUT2D eigenvalue weighted by atomic mass is 10.1. The number of carbonyl (C=O) groups excluding carboxylic acids is 2. The molecule has 3 N–H and O–H groups in total. The first-order chi connectivity index (χ1) is 15.6. The molecule has 1 saturated heterocycles. The van der Waals surface area contributed by atoms with Gasteiger partial charge >= 0.3 is 6.03 Å². The molecule has 0 radical (unpaired) electrons. The van der Waals surface area contributed by atoms with E-state index in [2.05, 4.69) is 41.8 Å². The molecule has 0 saturated carbocycles. The van der Waals surface area contributed by atoms with E-state index >= 15 is 0 Å². The highest BCUT2D eigenvalue weighted by Gasteiger charge is 2.20. The zero-order valence-electron chi connectivity index (χ0n) is 17.5. The number of nitrogens with one attached hydrogen (secondary N) is 3. The molecule has 1 aliphatic rings. The number of carbonyl (C=O) groups is 2. The van der Waals surface area contributed by atoms with Crippen molar-refractivity contribution in [3.63, 3.8) is 0 Å². The number of anilines is 3. The highest BCUT2D eigenvalue weighted by Crippen LogP contribution is 2.28. The molecule has 0 atom stereocenters. The van der Waals surface area contributed by atoms with E-state index in [4.69, 9.17) is 0 Å². The van der Waals surface area contributed by atoms with E-state index in [0.717, 1.165) is 41.7 Å². The van der Waals surface area contributed by atoms with Gasteiger partial charge in [0.25, 0.3) is 5.91 Å². The van der Waals surface area contributed by atoms with Crippen LogP contribution in [0.25, 0.3) is 0 Å². The van der Waals surface area contributed by atoms with Crippen molar-refractivity contribution in [2.75, 3.05) is 28.6 Å². The summed E-state index contributed by atoms with van der Waals surface area (Å²) in [6.45, 7) is 2.21. The summed E-state index contributed by atoms with van der Waals surface area (Å²) >= 11 is 3.39. The van der Waals surface area contributed by atoms with Crippen molar-refractivity contribution < 1.29 is 9.59 Å². The van der Waals surface area contributed by atoms with E-state index in [1.807, 2.05) is 42.5 Å². The second kappa shape index (κ2) is 10.3. The molecule has 0 aliphatic carbocycles. The van der Waals surface area contributed by atoms with Crippen LogP contribution in [0.15, 0.2) is 71.5 Å². The third-order valence-corrected chi connectivity index (χ3v) is 5.70. The Morgan fingerprint density at radius 1 is 0.969 bits per heavy atom. The lowest BCUT2D eigenvalue weighted by Gasteiger charge is -2.22. The van der Waals surface area contributed by atoms with Gasteiger partial charge in [-0.1, -0.05) is 28.1 Å². The lowest BCUT2D eigenvalue weighted by Crippen LogP contribution is -2.27. The molecule has 4 rings (SSSR count). The first-order valence-corrected chi connectivity index (χ1v) is 11.3. The average molecular weight is 494 g/mol. The summed E-state index contributed by atoms with van der Waals surface area (Å²) in [6.07, 6.45) is 5.63. The molecule has 8 heteroatoms. The van der Waals surface area contributed by atoms with Crippen molar-refractivity contribution in [1.29, 1.82) is 0 Å². The maximum Gasteiger partial charge on any atom is 0.323 e. The summed E-state index contributed by atoms with van der Waals surface area (Å²) in [4.78, 5) is 31.8. The number of nitrogens with zero attached hydrogens (tertiary/aromatic N) is 2. The molecular weight excluding hydrogens is 470 g/mol. The summed E-state index contributed by atoms with van der Waals surface area (Å²) in [7, 11) is 0. The van der Waals surface area contributed by atoms with E-state index in [-0.39, 0.29) is 11.9 Å². The molecule has 1 aromatic heterocycles. The molecule has 0 spiro atoms. The van der Waals surface area contributed by atoms with Crippen LogP contribution in [0.1, 0.15) is 28.8 Å². The predicted molar refractivity (Wildman–Crippen MR) is 130 cm³/mol. The number of aromatic nitrogens is 1. The Bertz CT molecular complexity index is 1100.